The Hall–Kier alpha value is -1.83. The van der Waals surface area contributed by atoms with Crippen LogP contribution in [0.3, 0.4) is 0 Å². The number of benzene rings is 1. The minimum absolute atomic E-state index is 0.468. The average Bonchev–Trinajstić information content (AvgIpc) is 2.66. The molecule has 0 fully saturated rings. The fourth-order valence-corrected chi connectivity index (χ4v) is 2.06. The second-order valence-corrected chi connectivity index (χ2v) is 4.46. The smallest absolute Gasteiger partial charge is 0.138 e. The molecule has 0 spiro atoms. The zero-order chi connectivity index (χ0) is 11.1. The number of aromatic nitrogens is 2. The molecule has 0 saturated carbocycles. The van der Waals surface area contributed by atoms with Gasteiger partial charge in [0.2, 0.25) is 0 Å². The maximum atomic E-state index is 4.66. The van der Waals surface area contributed by atoms with E-state index in [1.54, 1.807) is 0 Å². The lowest BCUT2D eigenvalue weighted by molar-refractivity contribution is 0.828. The Kier molecular flexibility index (Phi) is 1.96. The lowest BCUT2D eigenvalue weighted by Gasteiger charge is -2.02. The second-order valence-electron chi connectivity index (χ2n) is 4.46. The summed E-state index contributed by atoms with van der Waals surface area (Å²) in [5, 5.41) is 2.46. The van der Waals surface area contributed by atoms with E-state index in [1.165, 1.54) is 10.8 Å². The van der Waals surface area contributed by atoms with Crippen molar-refractivity contribution in [2.45, 2.75) is 19.8 Å². The Bertz CT molecular complexity index is 650. The first kappa shape index (κ1) is 9.40. The number of nitrogens with one attached hydrogen (secondary N) is 1. The number of hydrogen-bond acceptors (Lipinski definition) is 1. The fraction of sp³-hybridized carbons (Fsp3) is 0.214. The summed E-state index contributed by atoms with van der Waals surface area (Å²) >= 11 is 0. The molecule has 2 aromatic heterocycles. The molecule has 0 radical (unpaired) electrons. The van der Waals surface area contributed by atoms with Crippen LogP contribution in [0.2, 0.25) is 0 Å². The van der Waals surface area contributed by atoms with Gasteiger partial charge in [-0.25, -0.2) is 4.98 Å². The summed E-state index contributed by atoms with van der Waals surface area (Å²) < 4.78 is 0. The molecule has 3 aromatic rings. The highest BCUT2D eigenvalue weighted by Gasteiger charge is 2.07. The molecule has 0 aliphatic heterocycles. The summed E-state index contributed by atoms with van der Waals surface area (Å²) in [5.74, 6) is 0.468. The van der Waals surface area contributed by atoms with Gasteiger partial charge in [-0.05, 0) is 24.1 Å². The van der Waals surface area contributed by atoms with Crippen molar-refractivity contribution in [3.63, 3.8) is 0 Å². The summed E-state index contributed by atoms with van der Waals surface area (Å²) in [6, 6.07) is 12.6. The molecular weight excluding hydrogens is 196 g/mol. The predicted molar refractivity (Wildman–Crippen MR) is 67.7 cm³/mol. The van der Waals surface area contributed by atoms with E-state index in [1.807, 2.05) is 6.07 Å². The largest absolute Gasteiger partial charge is 0.339 e. The van der Waals surface area contributed by atoms with E-state index in [0.29, 0.717) is 5.92 Å². The van der Waals surface area contributed by atoms with Crippen LogP contribution in [0, 0.1) is 0 Å². The van der Waals surface area contributed by atoms with Gasteiger partial charge in [0.15, 0.2) is 0 Å². The van der Waals surface area contributed by atoms with Crippen LogP contribution in [0.5, 0.6) is 0 Å². The van der Waals surface area contributed by atoms with Gasteiger partial charge in [-0.1, -0.05) is 32.0 Å². The summed E-state index contributed by atoms with van der Waals surface area (Å²) in [5.41, 5.74) is 3.29. The van der Waals surface area contributed by atoms with E-state index in [0.717, 1.165) is 16.9 Å². The third-order valence-electron chi connectivity index (χ3n) is 2.98. The van der Waals surface area contributed by atoms with E-state index in [4.69, 9.17) is 0 Å². The molecule has 3 rings (SSSR count). The number of fused-ring (bicyclic) bond motifs is 3. The number of para-hydroxylation sites is 1. The van der Waals surface area contributed by atoms with Gasteiger partial charge in [0.05, 0.1) is 0 Å². The molecule has 16 heavy (non-hydrogen) atoms. The molecule has 0 atom stereocenters. The molecule has 0 amide bonds. The van der Waals surface area contributed by atoms with Gasteiger partial charge in [-0.3, -0.25) is 0 Å². The highest BCUT2D eigenvalue weighted by Crippen LogP contribution is 2.25. The van der Waals surface area contributed by atoms with E-state index in [9.17, 15) is 0 Å². The zero-order valence-electron chi connectivity index (χ0n) is 9.49. The molecule has 0 bridgehead atoms. The zero-order valence-corrected chi connectivity index (χ0v) is 9.49. The first-order valence-corrected chi connectivity index (χ1v) is 5.63. The topological polar surface area (TPSA) is 28.7 Å². The predicted octanol–water partition coefficient (Wildman–Crippen LogP) is 3.84. The summed E-state index contributed by atoms with van der Waals surface area (Å²) in [4.78, 5) is 8.02. The number of aromatic amines is 1. The van der Waals surface area contributed by atoms with Crippen molar-refractivity contribution in [3.05, 3.63) is 42.1 Å². The van der Waals surface area contributed by atoms with Crippen molar-refractivity contribution < 1.29 is 0 Å². The Labute approximate surface area is 94.3 Å². The van der Waals surface area contributed by atoms with Gasteiger partial charge in [0.1, 0.15) is 5.65 Å². The lowest BCUT2D eigenvalue weighted by atomic mass is 10.1. The molecule has 0 aliphatic rings. The van der Waals surface area contributed by atoms with E-state index < -0.39 is 0 Å². The van der Waals surface area contributed by atoms with Gasteiger partial charge in [0.25, 0.3) is 0 Å². The maximum Gasteiger partial charge on any atom is 0.138 e. The molecule has 2 heterocycles. The van der Waals surface area contributed by atoms with Crippen molar-refractivity contribution in [3.8, 4) is 0 Å². The van der Waals surface area contributed by atoms with E-state index >= 15 is 0 Å². The Morgan fingerprint density at radius 1 is 1.00 bits per heavy atom. The summed E-state index contributed by atoms with van der Waals surface area (Å²) in [6.45, 7) is 4.33. The van der Waals surface area contributed by atoms with Gasteiger partial charge < -0.3 is 4.98 Å². The van der Waals surface area contributed by atoms with Crippen LogP contribution in [-0.2, 0) is 0 Å². The van der Waals surface area contributed by atoms with Crippen LogP contribution in [0.4, 0.5) is 0 Å². The Morgan fingerprint density at radius 3 is 2.62 bits per heavy atom. The van der Waals surface area contributed by atoms with Crippen molar-refractivity contribution >= 4 is 21.9 Å². The highest BCUT2D eigenvalue weighted by molar-refractivity contribution is 6.05. The van der Waals surface area contributed by atoms with Crippen LogP contribution in [-0.4, -0.2) is 9.97 Å². The second kappa shape index (κ2) is 3.34. The van der Waals surface area contributed by atoms with Crippen molar-refractivity contribution in [2.75, 3.05) is 0 Å². The molecule has 0 saturated heterocycles. The van der Waals surface area contributed by atoms with Crippen LogP contribution in [0.1, 0.15) is 25.5 Å². The van der Waals surface area contributed by atoms with Crippen LogP contribution < -0.4 is 0 Å². The van der Waals surface area contributed by atoms with Crippen LogP contribution >= 0.6 is 0 Å². The number of rotatable bonds is 1. The molecule has 2 heteroatoms. The molecule has 1 N–H and O–H groups in total. The quantitative estimate of drug-likeness (QED) is 0.649. The van der Waals surface area contributed by atoms with Crippen molar-refractivity contribution in [2.24, 2.45) is 0 Å². The monoisotopic (exact) mass is 210 g/mol. The summed E-state index contributed by atoms with van der Waals surface area (Å²) in [6.07, 6.45) is 0. The molecule has 2 nitrogen and oxygen atoms in total. The average molecular weight is 210 g/mol. The third-order valence-corrected chi connectivity index (χ3v) is 2.98. The van der Waals surface area contributed by atoms with E-state index in [-0.39, 0.29) is 0 Å². The van der Waals surface area contributed by atoms with Crippen LogP contribution in [0.15, 0.2) is 36.4 Å². The van der Waals surface area contributed by atoms with Crippen LogP contribution in [0.25, 0.3) is 21.9 Å². The number of H-pyrrole nitrogens is 1. The normalized spacial score (nSPS) is 11.7. The molecular formula is C14H14N2. The molecule has 0 aliphatic carbocycles. The van der Waals surface area contributed by atoms with Gasteiger partial charge in [-0.2, -0.15) is 0 Å². The minimum Gasteiger partial charge on any atom is -0.339 e. The minimum atomic E-state index is 0.468. The van der Waals surface area contributed by atoms with Gasteiger partial charge in [0, 0.05) is 22.0 Å². The lowest BCUT2D eigenvalue weighted by Crippen LogP contribution is -1.91. The fourth-order valence-electron chi connectivity index (χ4n) is 2.06. The van der Waals surface area contributed by atoms with E-state index in [2.05, 4.69) is 54.1 Å². The first-order chi connectivity index (χ1) is 7.75. The maximum absolute atomic E-state index is 4.66. The molecule has 80 valence electrons. The SMILES string of the molecule is CC(C)c1ccc2c(n1)[nH]c1ccccc12. The van der Waals surface area contributed by atoms with Gasteiger partial charge in [-0.15, -0.1) is 0 Å². The molecule has 1 aromatic carbocycles. The standard InChI is InChI=1S/C14H14N2/c1-9(2)12-8-7-11-10-5-3-4-6-13(10)16-14(11)15-12/h3-9H,1-2H3,(H,15,16). The highest BCUT2D eigenvalue weighted by atomic mass is 14.9. The Balaban J connectivity index is 2.37. The summed E-state index contributed by atoms with van der Waals surface area (Å²) in [7, 11) is 0. The van der Waals surface area contributed by atoms with Gasteiger partial charge >= 0.3 is 0 Å². The van der Waals surface area contributed by atoms with Crippen molar-refractivity contribution in [1.82, 2.24) is 9.97 Å². The number of hydrogen-bond donors (Lipinski definition) is 1. The first-order valence-electron chi connectivity index (χ1n) is 5.63. The number of pyridine rings is 1. The number of nitrogens with zero attached hydrogens (tertiary/aromatic N) is 1. The third kappa shape index (κ3) is 1.30. The molecule has 0 unspecified atom stereocenters. The Morgan fingerprint density at radius 2 is 1.81 bits per heavy atom. The van der Waals surface area contributed by atoms with Crippen molar-refractivity contribution in [1.29, 1.82) is 0 Å².